The molecule has 0 unspecified atom stereocenters. The predicted octanol–water partition coefficient (Wildman–Crippen LogP) is 2.98. The summed E-state index contributed by atoms with van der Waals surface area (Å²) in [5, 5.41) is 17.4. The Balaban J connectivity index is 0.000000254. The third-order valence-corrected chi connectivity index (χ3v) is 3.41. The van der Waals surface area contributed by atoms with Gasteiger partial charge in [0, 0.05) is 25.5 Å². The van der Waals surface area contributed by atoms with Gasteiger partial charge in [-0.3, -0.25) is 0 Å². The lowest BCUT2D eigenvalue weighted by molar-refractivity contribution is 0.0686. The molecule has 0 saturated heterocycles. The molecule has 6 heteroatoms. The molecule has 0 atom stereocenters. The Bertz CT molecular complexity index is 727. The Hall–Kier alpha value is -3.02. The van der Waals surface area contributed by atoms with Crippen LogP contribution in [0.1, 0.15) is 33.2 Å². The molecule has 2 aromatic carbocycles. The van der Waals surface area contributed by atoms with Crippen LogP contribution in [0.2, 0.25) is 0 Å². The molecular weight excluding hydrogens is 308 g/mol. The number of nitrogens with zero attached hydrogens (tertiary/aromatic N) is 1. The van der Waals surface area contributed by atoms with Crippen LogP contribution in [0.15, 0.2) is 42.5 Å². The highest BCUT2D eigenvalue weighted by Crippen LogP contribution is 2.18. The number of carboxylic acids is 2. The number of carboxylic acid groups (broad SMARTS) is 2. The van der Waals surface area contributed by atoms with Crippen LogP contribution in [0.5, 0.6) is 0 Å². The topological polar surface area (TPSA) is 104 Å². The van der Waals surface area contributed by atoms with Crippen molar-refractivity contribution < 1.29 is 19.8 Å². The van der Waals surface area contributed by atoms with Gasteiger partial charge in [0.25, 0.3) is 0 Å². The molecule has 2 rings (SSSR count). The van der Waals surface area contributed by atoms with Gasteiger partial charge < -0.3 is 20.8 Å². The summed E-state index contributed by atoms with van der Waals surface area (Å²) in [7, 11) is 3.88. The molecule has 6 nitrogen and oxygen atoms in total. The molecule has 0 amide bonds. The molecule has 0 radical (unpaired) electrons. The van der Waals surface area contributed by atoms with E-state index >= 15 is 0 Å². The third kappa shape index (κ3) is 5.01. The van der Waals surface area contributed by atoms with E-state index in [0.717, 1.165) is 17.7 Å². The number of nitrogen functional groups attached to an aromatic ring is 1. The zero-order valence-corrected chi connectivity index (χ0v) is 14.0. The van der Waals surface area contributed by atoms with Gasteiger partial charge in [-0.2, -0.15) is 0 Å². The SMILES string of the molecule is CCc1cc(N(C)C)ccc1C(=O)O.Nc1ccccc1C(=O)O. The summed E-state index contributed by atoms with van der Waals surface area (Å²) in [6, 6.07) is 11.8. The number of aromatic carboxylic acids is 2. The summed E-state index contributed by atoms with van der Waals surface area (Å²) < 4.78 is 0. The first-order valence-corrected chi connectivity index (χ1v) is 7.39. The molecule has 0 aliphatic rings. The molecule has 2 aromatic rings. The lowest BCUT2D eigenvalue weighted by atomic mass is 10.0. The van der Waals surface area contributed by atoms with Gasteiger partial charge in [-0.15, -0.1) is 0 Å². The number of nitrogens with two attached hydrogens (primary N) is 1. The van der Waals surface area contributed by atoms with Crippen molar-refractivity contribution >= 4 is 23.3 Å². The maximum absolute atomic E-state index is 10.8. The van der Waals surface area contributed by atoms with Gasteiger partial charge in [0.15, 0.2) is 0 Å². The molecule has 4 N–H and O–H groups in total. The first-order valence-electron chi connectivity index (χ1n) is 7.39. The molecule has 0 aromatic heterocycles. The zero-order valence-electron chi connectivity index (χ0n) is 14.0. The molecule has 0 heterocycles. The predicted molar refractivity (Wildman–Crippen MR) is 94.9 cm³/mol. The van der Waals surface area contributed by atoms with Crippen molar-refractivity contribution in [3.63, 3.8) is 0 Å². The van der Waals surface area contributed by atoms with Crippen LogP contribution < -0.4 is 10.6 Å². The number of carbonyl (C=O) groups is 2. The Kier molecular flexibility index (Phi) is 6.79. The van der Waals surface area contributed by atoms with Gasteiger partial charge in [0.05, 0.1) is 11.1 Å². The fourth-order valence-corrected chi connectivity index (χ4v) is 2.05. The molecule has 0 fully saturated rings. The first-order chi connectivity index (χ1) is 11.3. The van der Waals surface area contributed by atoms with Crippen LogP contribution in [-0.2, 0) is 6.42 Å². The molecule has 0 spiro atoms. The van der Waals surface area contributed by atoms with Gasteiger partial charge >= 0.3 is 11.9 Å². The Morgan fingerprint density at radius 2 is 1.58 bits per heavy atom. The molecule has 0 aliphatic carbocycles. The van der Waals surface area contributed by atoms with Crippen LogP contribution >= 0.6 is 0 Å². The maximum atomic E-state index is 10.8. The van der Waals surface area contributed by atoms with Gasteiger partial charge in [-0.25, -0.2) is 9.59 Å². The minimum atomic E-state index is -0.988. The highest BCUT2D eigenvalue weighted by molar-refractivity contribution is 5.93. The number of anilines is 2. The van der Waals surface area contributed by atoms with Gasteiger partial charge in [-0.1, -0.05) is 19.1 Å². The minimum Gasteiger partial charge on any atom is -0.478 e. The van der Waals surface area contributed by atoms with Crippen molar-refractivity contribution in [3.8, 4) is 0 Å². The second-order valence-electron chi connectivity index (χ2n) is 5.29. The maximum Gasteiger partial charge on any atom is 0.337 e. The Labute approximate surface area is 141 Å². The van der Waals surface area contributed by atoms with Gasteiger partial charge in [0.1, 0.15) is 0 Å². The van der Waals surface area contributed by atoms with Crippen molar-refractivity contribution in [2.45, 2.75) is 13.3 Å². The van der Waals surface area contributed by atoms with Crippen molar-refractivity contribution in [1.82, 2.24) is 0 Å². The van der Waals surface area contributed by atoms with E-state index in [-0.39, 0.29) is 5.56 Å². The molecule has 24 heavy (non-hydrogen) atoms. The van der Waals surface area contributed by atoms with Crippen LogP contribution in [0.3, 0.4) is 0 Å². The summed E-state index contributed by atoms with van der Waals surface area (Å²) in [6.45, 7) is 1.96. The monoisotopic (exact) mass is 330 g/mol. The van der Waals surface area contributed by atoms with E-state index in [1.165, 1.54) is 6.07 Å². The molecular formula is C18H22N2O4. The van der Waals surface area contributed by atoms with Crippen molar-refractivity contribution in [3.05, 3.63) is 59.2 Å². The van der Waals surface area contributed by atoms with E-state index < -0.39 is 11.9 Å². The van der Waals surface area contributed by atoms with Crippen LogP contribution in [-0.4, -0.2) is 36.2 Å². The van der Waals surface area contributed by atoms with E-state index in [1.54, 1.807) is 24.3 Å². The average Bonchev–Trinajstić information content (AvgIpc) is 2.54. The fourth-order valence-electron chi connectivity index (χ4n) is 2.05. The highest BCUT2D eigenvalue weighted by atomic mass is 16.4. The summed E-state index contributed by atoms with van der Waals surface area (Å²) in [5.74, 6) is -1.84. The van der Waals surface area contributed by atoms with Crippen molar-refractivity contribution in [2.24, 2.45) is 0 Å². The van der Waals surface area contributed by atoms with Crippen LogP contribution in [0.4, 0.5) is 11.4 Å². The second kappa shape index (κ2) is 8.57. The smallest absolute Gasteiger partial charge is 0.337 e. The van der Waals surface area contributed by atoms with Crippen LogP contribution in [0.25, 0.3) is 0 Å². The summed E-state index contributed by atoms with van der Waals surface area (Å²) >= 11 is 0. The van der Waals surface area contributed by atoms with Crippen molar-refractivity contribution in [2.75, 3.05) is 24.7 Å². The number of benzene rings is 2. The Morgan fingerprint density at radius 3 is 2.00 bits per heavy atom. The van der Waals surface area contributed by atoms with E-state index in [4.69, 9.17) is 15.9 Å². The lowest BCUT2D eigenvalue weighted by Gasteiger charge is -2.14. The van der Waals surface area contributed by atoms with E-state index in [0.29, 0.717) is 11.3 Å². The minimum absolute atomic E-state index is 0.155. The van der Waals surface area contributed by atoms with Crippen molar-refractivity contribution in [1.29, 1.82) is 0 Å². The number of hydrogen-bond donors (Lipinski definition) is 3. The average molecular weight is 330 g/mol. The molecule has 0 bridgehead atoms. The number of para-hydroxylation sites is 1. The zero-order chi connectivity index (χ0) is 18.3. The summed E-state index contributed by atoms with van der Waals surface area (Å²) in [6.07, 6.45) is 0.739. The third-order valence-electron chi connectivity index (χ3n) is 3.41. The number of hydrogen-bond acceptors (Lipinski definition) is 4. The quantitative estimate of drug-likeness (QED) is 0.745. The fraction of sp³-hybridized carbons (Fsp3) is 0.222. The largest absolute Gasteiger partial charge is 0.478 e. The van der Waals surface area contributed by atoms with Crippen LogP contribution in [0, 0.1) is 0 Å². The standard InChI is InChI=1S/C11H15NO2.C7H7NO2/c1-4-8-7-9(12(2)3)5-6-10(8)11(13)14;8-6-4-2-1-3-5(6)7(9)10/h5-7H,4H2,1-3H3,(H,13,14);1-4H,8H2,(H,9,10). The molecule has 0 aliphatic heterocycles. The Morgan fingerprint density at radius 1 is 1.00 bits per heavy atom. The number of aryl methyl sites for hydroxylation is 1. The van der Waals surface area contributed by atoms with E-state index in [1.807, 2.05) is 38.1 Å². The highest BCUT2D eigenvalue weighted by Gasteiger charge is 2.09. The normalized spacial score (nSPS) is 9.62. The first kappa shape index (κ1) is 19.0. The van der Waals surface area contributed by atoms with Gasteiger partial charge in [-0.05, 0) is 42.3 Å². The summed E-state index contributed by atoms with van der Waals surface area (Å²) in [5.41, 5.74) is 8.11. The van der Waals surface area contributed by atoms with Gasteiger partial charge in [0.2, 0.25) is 0 Å². The molecule has 0 saturated carbocycles. The number of rotatable bonds is 4. The van der Waals surface area contributed by atoms with E-state index in [9.17, 15) is 9.59 Å². The van der Waals surface area contributed by atoms with E-state index in [2.05, 4.69) is 0 Å². The lowest BCUT2D eigenvalue weighted by Crippen LogP contribution is -2.10. The molecule has 128 valence electrons. The summed E-state index contributed by atoms with van der Waals surface area (Å²) in [4.78, 5) is 23.2. The second-order valence-corrected chi connectivity index (χ2v) is 5.29.